The van der Waals surface area contributed by atoms with Crippen molar-refractivity contribution in [2.45, 2.75) is 38.8 Å². The number of hydrogen-bond acceptors (Lipinski definition) is 4. The van der Waals surface area contributed by atoms with Crippen LogP contribution in [0.5, 0.6) is 0 Å². The van der Waals surface area contributed by atoms with Gasteiger partial charge in [0.1, 0.15) is 24.4 Å². The highest BCUT2D eigenvalue weighted by Crippen LogP contribution is 2.52. The van der Waals surface area contributed by atoms with Gasteiger partial charge in [0.15, 0.2) is 0 Å². The minimum absolute atomic E-state index is 0.198. The molecule has 3 aromatic carbocycles. The molecule has 40 heavy (non-hydrogen) atoms. The molecular weight excluding hydrogens is 504 g/mol. The Morgan fingerprint density at radius 1 is 0.925 bits per heavy atom. The molecule has 3 aliphatic heterocycles. The number of carbonyl (C=O) groups is 4. The summed E-state index contributed by atoms with van der Waals surface area (Å²) in [4.78, 5) is 58.5. The highest BCUT2D eigenvalue weighted by Gasteiger charge is 2.75. The highest BCUT2D eigenvalue weighted by molar-refractivity contribution is 6.25. The summed E-state index contributed by atoms with van der Waals surface area (Å²) in [6, 6.07) is 23.5. The van der Waals surface area contributed by atoms with E-state index in [0.717, 1.165) is 5.56 Å². The molecule has 8 heteroatoms. The van der Waals surface area contributed by atoms with Crippen molar-refractivity contribution in [2.24, 2.45) is 17.8 Å². The Labute approximate surface area is 233 Å². The predicted octanol–water partition coefficient (Wildman–Crippen LogP) is 2.97. The summed E-state index contributed by atoms with van der Waals surface area (Å²) in [6.07, 6.45) is 0.675. The van der Waals surface area contributed by atoms with Gasteiger partial charge in [0.05, 0.1) is 11.4 Å². The number of nitrogens with one attached hydrogen (secondary N) is 1. The van der Waals surface area contributed by atoms with E-state index in [0.29, 0.717) is 29.0 Å². The standard InChI is InChI=1S/C32H32N4O4/c1-19(2)17-24-27-28(30(39)36(29(27)38)22-9-5-4-6-10-22)32(34-24)23-11-7-8-12-25(23)35(31(32)40)18-26(37)33-21-15-13-20(3)14-16-21/h4-16,19,24,27-28,34H,17-18H2,1-3H3,(H,33,37)/p+1/t24-,27+,28-,32+/m0/s1. The van der Waals surface area contributed by atoms with Crippen molar-refractivity contribution in [3.8, 4) is 0 Å². The summed E-state index contributed by atoms with van der Waals surface area (Å²) in [7, 11) is 0. The number of hydrogen-bond donors (Lipinski definition) is 2. The zero-order valence-electron chi connectivity index (χ0n) is 22.8. The van der Waals surface area contributed by atoms with Crippen LogP contribution in [0.3, 0.4) is 0 Å². The largest absolute Gasteiger partial charge is 0.326 e. The monoisotopic (exact) mass is 537 g/mol. The summed E-state index contributed by atoms with van der Waals surface area (Å²) < 4.78 is 0. The maximum absolute atomic E-state index is 14.5. The third kappa shape index (κ3) is 3.93. The molecule has 8 nitrogen and oxygen atoms in total. The van der Waals surface area contributed by atoms with Gasteiger partial charge >= 0.3 is 0 Å². The molecule has 204 valence electrons. The number of amides is 4. The number of quaternary nitrogens is 1. The summed E-state index contributed by atoms with van der Waals surface area (Å²) >= 11 is 0. The fraction of sp³-hybridized carbons (Fsp3) is 0.312. The summed E-state index contributed by atoms with van der Waals surface area (Å²) in [6.45, 7) is 5.93. The Kier molecular flexibility index (Phi) is 6.30. The molecule has 2 saturated heterocycles. The average molecular weight is 538 g/mol. The number of carbonyl (C=O) groups excluding carboxylic acids is 4. The maximum atomic E-state index is 14.5. The number of rotatable bonds is 6. The second-order valence-electron chi connectivity index (χ2n) is 11.5. The lowest BCUT2D eigenvalue weighted by Gasteiger charge is -2.27. The molecule has 3 aliphatic rings. The Balaban J connectivity index is 1.40. The fourth-order valence-electron chi connectivity index (χ4n) is 6.84. The zero-order valence-corrected chi connectivity index (χ0v) is 22.8. The van der Waals surface area contributed by atoms with Crippen molar-refractivity contribution < 1.29 is 24.5 Å². The first-order valence-electron chi connectivity index (χ1n) is 13.8. The SMILES string of the molecule is Cc1ccc(NC(=O)CN2C(=O)[C@@]3([NH2+][C@@H](CC(C)C)[C@H]4C(=O)N(c5ccccc5)C(=O)[C@H]43)c3ccccc32)cc1. The van der Waals surface area contributed by atoms with Gasteiger partial charge in [-0.15, -0.1) is 0 Å². The molecule has 0 radical (unpaired) electrons. The first-order valence-corrected chi connectivity index (χ1v) is 13.8. The van der Waals surface area contributed by atoms with Crippen LogP contribution in [-0.2, 0) is 24.7 Å². The van der Waals surface area contributed by atoms with Gasteiger partial charge in [-0.25, -0.2) is 4.90 Å². The average Bonchev–Trinajstić information content (AvgIpc) is 3.49. The topological polar surface area (TPSA) is 103 Å². The minimum Gasteiger partial charge on any atom is -0.326 e. The number of fused-ring (bicyclic) bond motifs is 4. The number of anilines is 3. The molecule has 3 aromatic rings. The Morgan fingerprint density at radius 3 is 2.30 bits per heavy atom. The molecule has 0 aromatic heterocycles. The highest BCUT2D eigenvalue weighted by atomic mass is 16.2. The maximum Gasteiger partial charge on any atom is 0.294 e. The van der Waals surface area contributed by atoms with Crippen LogP contribution in [0, 0.1) is 24.7 Å². The fourth-order valence-corrected chi connectivity index (χ4v) is 6.84. The van der Waals surface area contributed by atoms with Gasteiger partial charge in [-0.2, -0.15) is 0 Å². The van der Waals surface area contributed by atoms with Crippen LogP contribution in [0.2, 0.25) is 0 Å². The van der Waals surface area contributed by atoms with Crippen LogP contribution in [-0.4, -0.2) is 36.2 Å². The van der Waals surface area contributed by atoms with Gasteiger partial charge in [-0.3, -0.25) is 24.1 Å². The van der Waals surface area contributed by atoms with Crippen molar-refractivity contribution in [1.82, 2.24) is 0 Å². The van der Waals surface area contributed by atoms with Gasteiger partial charge in [-0.05, 0) is 43.2 Å². The van der Waals surface area contributed by atoms with E-state index >= 15 is 0 Å². The van der Waals surface area contributed by atoms with E-state index in [1.165, 1.54) is 9.80 Å². The zero-order chi connectivity index (χ0) is 28.2. The third-order valence-electron chi connectivity index (χ3n) is 8.41. The molecule has 4 atom stereocenters. The van der Waals surface area contributed by atoms with E-state index in [9.17, 15) is 19.2 Å². The van der Waals surface area contributed by atoms with E-state index in [1.807, 2.05) is 66.8 Å². The Morgan fingerprint density at radius 2 is 1.60 bits per heavy atom. The molecule has 3 N–H and O–H groups in total. The summed E-state index contributed by atoms with van der Waals surface area (Å²) in [5.74, 6) is -2.55. The van der Waals surface area contributed by atoms with E-state index in [2.05, 4.69) is 19.2 Å². The van der Waals surface area contributed by atoms with E-state index in [1.54, 1.807) is 24.3 Å². The van der Waals surface area contributed by atoms with Crippen molar-refractivity contribution in [3.63, 3.8) is 0 Å². The Hall–Kier alpha value is -4.30. The third-order valence-corrected chi connectivity index (χ3v) is 8.41. The lowest BCUT2D eigenvalue weighted by Crippen LogP contribution is -2.99. The molecule has 6 rings (SSSR count). The number of imide groups is 1. The number of nitrogens with two attached hydrogens (primary N) is 1. The predicted molar refractivity (Wildman–Crippen MR) is 151 cm³/mol. The Bertz CT molecular complexity index is 1500. The van der Waals surface area contributed by atoms with Crippen LogP contribution in [0.15, 0.2) is 78.9 Å². The molecular formula is C32H33N4O4+. The molecule has 2 fully saturated rings. The van der Waals surface area contributed by atoms with Crippen LogP contribution in [0.4, 0.5) is 17.1 Å². The van der Waals surface area contributed by atoms with Crippen molar-refractivity contribution in [2.75, 3.05) is 21.7 Å². The molecule has 0 unspecified atom stereocenters. The first kappa shape index (κ1) is 26.0. The van der Waals surface area contributed by atoms with E-state index in [-0.39, 0.29) is 42.1 Å². The molecule has 3 heterocycles. The molecule has 4 amide bonds. The second kappa shape index (κ2) is 9.71. The smallest absolute Gasteiger partial charge is 0.294 e. The van der Waals surface area contributed by atoms with Crippen LogP contribution in [0.25, 0.3) is 0 Å². The van der Waals surface area contributed by atoms with Crippen molar-refractivity contribution in [1.29, 1.82) is 0 Å². The summed E-state index contributed by atoms with van der Waals surface area (Å²) in [5, 5.41) is 4.84. The first-order chi connectivity index (χ1) is 19.2. The summed E-state index contributed by atoms with van der Waals surface area (Å²) in [5.41, 5.74) is 2.20. The van der Waals surface area contributed by atoms with Crippen molar-refractivity contribution in [3.05, 3.63) is 90.0 Å². The van der Waals surface area contributed by atoms with E-state index < -0.39 is 17.4 Å². The molecule has 0 aliphatic carbocycles. The lowest BCUT2D eigenvalue weighted by atomic mass is 9.76. The number of nitrogens with zero attached hydrogens (tertiary/aromatic N) is 2. The normalized spacial score (nSPS) is 25.2. The van der Waals surface area contributed by atoms with Gasteiger partial charge in [0, 0.05) is 17.7 Å². The number of para-hydroxylation sites is 2. The van der Waals surface area contributed by atoms with Crippen LogP contribution in [0.1, 0.15) is 31.4 Å². The number of aryl methyl sites for hydroxylation is 1. The molecule has 1 spiro atoms. The second-order valence-corrected chi connectivity index (χ2v) is 11.5. The molecule has 0 bridgehead atoms. The lowest BCUT2D eigenvalue weighted by molar-refractivity contribution is -0.734. The van der Waals surface area contributed by atoms with Crippen LogP contribution >= 0.6 is 0 Å². The van der Waals surface area contributed by atoms with Crippen LogP contribution < -0.4 is 20.4 Å². The number of benzene rings is 3. The van der Waals surface area contributed by atoms with Gasteiger partial charge < -0.3 is 10.6 Å². The minimum atomic E-state index is -1.32. The van der Waals surface area contributed by atoms with Gasteiger partial charge in [0.25, 0.3) is 5.91 Å². The van der Waals surface area contributed by atoms with Gasteiger partial charge in [0.2, 0.25) is 23.3 Å². The van der Waals surface area contributed by atoms with E-state index in [4.69, 9.17) is 0 Å². The van der Waals surface area contributed by atoms with Gasteiger partial charge in [-0.1, -0.05) is 67.9 Å². The van der Waals surface area contributed by atoms with Crippen molar-refractivity contribution >= 4 is 40.7 Å². The quantitative estimate of drug-likeness (QED) is 0.472. The molecule has 0 saturated carbocycles.